The summed E-state index contributed by atoms with van der Waals surface area (Å²) in [6.07, 6.45) is 0. The molecule has 4 nitrogen and oxygen atoms in total. The van der Waals surface area contributed by atoms with Gasteiger partial charge in [0.25, 0.3) is 5.91 Å². The van der Waals surface area contributed by atoms with Crippen LogP contribution in [-0.2, 0) is 0 Å². The number of carbonyl (C=O) groups excluding carboxylic acids is 1. The number of thiazole rings is 1. The molecule has 1 heterocycles. The van der Waals surface area contributed by atoms with E-state index >= 15 is 0 Å². The smallest absolute Gasteiger partial charge is 0.270 e. The van der Waals surface area contributed by atoms with Gasteiger partial charge in [-0.25, -0.2) is 4.98 Å². The molecule has 0 saturated heterocycles. The molecule has 0 fully saturated rings. The number of halogens is 1. The molecule has 0 bridgehead atoms. The van der Waals surface area contributed by atoms with E-state index in [1.165, 1.54) is 11.3 Å². The van der Waals surface area contributed by atoms with Crippen LogP contribution in [0.4, 0.5) is 0 Å². The fourth-order valence-electron chi connectivity index (χ4n) is 0.755. The molecule has 6 heteroatoms. The SMILES string of the molecule is CC(C)(N)CNC(=O)c1csc(Cl)n1. The van der Waals surface area contributed by atoms with Crippen LogP contribution in [0.15, 0.2) is 5.38 Å². The zero-order valence-electron chi connectivity index (χ0n) is 8.00. The van der Waals surface area contributed by atoms with Gasteiger partial charge in [-0.3, -0.25) is 4.79 Å². The van der Waals surface area contributed by atoms with Crippen molar-refractivity contribution in [2.75, 3.05) is 6.54 Å². The molecule has 1 aromatic heterocycles. The molecule has 0 radical (unpaired) electrons. The van der Waals surface area contributed by atoms with Crippen molar-refractivity contribution < 1.29 is 4.79 Å². The minimum Gasteiger partial charge on any atom is -0.349 e. The number of nitrogens with zero attached hydrogens (tertiary/aromatic N) is 1. The maximum atomic E-state index is 11.4. The molecule has 0 spiro atoms. The van der Waals surface area contributed by atoms with Gasteiger partial charge < -0.3 is 11.1 Å². The molecular weight excluding hydrogens is 222 g/mol. The Morgan fingerprint density at radius 2 is 2.43 bits per heavy atom. The lowest BCUT2D eigenvalue weighted by Crippen LogP contribution is -2.45. The van der Waals surface area contributed by atoms with Crippen LogP contribution < -0.4 is 11.1 Å². The van der Waals surface area contributed by atoms with Gasteiger partial charge in [-0.2, -0.15) is 0 Å². The summed E-state index contributed by atoms with van der Waals surface area (Å²) >= 11 is 6.83. The molecular formula is C8H12ClN3OS. The van der Waals surface area contributed by atoms with E-state index in [9.17, 15) is 4.79 Å². The number of nitrogens with two attached hydrogens (primary N) is 1. The highest BCUT2D eigenvalue weighted by Gasteiger charge is 2.14. The first kappa shape index (κ1) is 11.4. The fourth-order valence-corrected chi connectivity index (χ4v) is 1.50. The van der Waals surface area contributed by atoms with Crippen LogP contribution in [0.2, 0.25) is 4.47 Å². The average Bonchev–Trinajstić information content (AvgIpc) is 2.46. The van der Waals surface area contributed by atoms with Crippen molar-refractivity contribution in [1.29, 1.82) is 0 Å². The summed E-state index contributed by atoms with van der Waals surface area (Å²) in [5.41, 5.74) is 5.62. The maximum Gasteiger partial charge on any atom is 0.270 e. The molecule has 3 N–H and O–H groups in total. The van der Waals surface area contributed by atoms with E-state index in [-0.39, 0.29) is 5.91 Å². The number of nitrogens with one attached hydrogen (secondary N) is 1. The van der Waals surface area contributed by atoms with E-state index in [4.69, 9.17) is 17.3 Å². The molecule has 0 unspecified atom stereocenters. The van der Waals surface area contributed by atoms with Gasteiger partial charge in [-0.1, -0.05) is 11.6 Å². The second-order valence-electron chi connectivity index (χ2n) is 3.66. The summed E-state index contributed by atoms with van der Waals surface area (Å²) in [7, 11) is 0. The van der Waals surface area contributed by atoms with E-state index in [1.807, 2.05) is 13.8 Å². The van der Waals surface area contributed by atoms with Crippen molar-refractivity contribution in [2.45, 2.75) is 19.4 Å². The highest BCUT2D eigenvalue weighted by atomic mass is 35.5. The Morgan fingerprint density at radius 1 is 1.79 bits per heavy atom. The number of aromatic nitrogens is 1. The molecule has 1 rings (SSSR count). The summed E-state index contributed by atoms with van der Waals surface area (Å²) in [5, 5.41) is 4.29. The van der Waals surface area contributed by atoms with E-state index < -0.39 is 5.54 Å². The van der Waals surface area contributed by atoms with Crippen molar-refractivity contribution in [2.24, 2.45) is 5.73 Å². The Hall–Kier alpha value is -0.650. The second kappa shape index (κ2) is 4.25. The minimum atomic E-state index is -0.421. The van der Waals surface area contributed by atoms with Gasteiger partial charge >= 0.3 is 0 Å². The zero-order chi connectivity index (χ0) is 10.8. The highest BCUT2D eigenvalue weighted by molar-refractivity contribution is 7.14. The van der Waals surface area contributed by atoms with E-state index in [0.717, 1.165) is 0 Å². The predicted octanol–water partition coefficient (Wildman–Crippen LogP) is 1.26. The third-order valence-electron chi connectivity index (χ3n) is 1.41. The van der Waals surface area contributed by atoms with Crippen LogP contribution >= 0.6 is 22.9 Å². The first-order chi connectivity index (χ1) is 6.38. The van der Waals surface area contributed by atoms with Gasteiger partial charge in [0.2, 0.25) is 0 Å². The van der Waals surface area contributed by atoms with Crippen LogP contribution in [0, 0.1) is 0 Å². The topological polar surface area (TPSA) is 68.0 Å². The maximum absolute atomic E-state index is 11.4. The lowest BCUT2D eigenvalue weighted by molar-refractivity contribution is 0.0942. The highest BCUT2D eigenvalue weighted by Crippen LogP contribution is 2.14. The molecule has 78 valence electrons. The number of carbonyl (C=O) groups is 1. The van der Waals surface area contributed by atoms with Gasteiger partial charge in [0.05, 0.1) is 0 Å². The Bertz CT molecular complexity index is 332. The van der Waals surface area contributed by atoms with Gasteiger partial charge in [0, 0.05) is 17.5 Å². The zero-order valence-corrected chi connectivity index (χ0v) is 9.58. The normalized spacial score (nSPS) is 11.4. The van der Waals surface area contributed by atoms with Crippen LogP contribution in [-0.4, -0.2) is 23.0 Å². The molecule has 0 aliphatic heterocycles. The standard InChI is InChI=1S/C8H12ClN3OS/c1-8(2,10)4-11-6(13)5-3-14-7(9)12-5/h3H,4,10H2,1-2H3,(H,11,13). The van der Waals surface area contributed by atoms with Crippen molar-refractivity contribution in [3.05, 3.63) is 15.5 Å². The van der Waals surface area contributed by atoms with Gasteiger partial charge in [-0.15, -0.1) is 11.3 Å². The van der Waals surface area contributed by atoms with Crippen molar-refractivity contribution in [1.82, 2.24) is 10.3 Å². The number of amides is 1. The number of rotatable bonds is 3. The first-order valence-corrected chi connectivity index (χ1v) is 5.32. The minimum absolute atomic E-state index is 0.244. The molecule has 0 saturated carbocycles. The number of hydrogen-bond acceptors (Lipinski definition) is 4. The predicted molar refractivity (Wildman–Crippen MR) is 57.7 cm³/mol. The van der Waals surface area contributed by atoms with Crippen molar-refractivity contribution >= 4 is 28.8 Å². The third kappa shape index (κ3) is 3.61. The monoisotopic (exact) mass is 233 g/mol. The Kier molecular flexibility index (Phi) is 3.47. The molecule has 0 atom stereocenters. The second-order valence-corrected chi connectivity index (χ2v) is 5.10. The summed E-state index contributed by atoms with van der Waals surface area (Å²) in [5.74, 6) is -0.244. The summed E-state index contributed by atoms with van der Waals surface area (Å²) in [6.45, 7) is 4.07. The summed E-state index contributed by atoms with van der Waals surface area (Å²) in [6, 6.07) is 0. The van der Waals surface area contributed by atoms with Crippen LogP contribution in [0.25, 0.3) is 0 Å². The summed E-state index contributed by atoms with van der Waals surface area (Å²) in [4.78, 5) is 15.3. The van der Waals surface area contributed by atoms with E-state index in [2.05, 4.69) is 10.3 Å². The first-order valence-electron chi connectivity index (χ1n) is 4.06. The molecule has 0 aromatic carbocycles. The Morgan fingerprint density at radius 3 is 2.86 bits per heavy atom. The van der Waals surface area contributed by atoms with Gasteiger partial charge in [-0.05, 0) is 13.8 Å². The largest absolute Gasteiger partial charge is 0.349 e. The Balaban J connectivity index is 2.52. The third-order valence-corrected chi connectivity index (χ3v) is 2.39. The lowest BCUT2D eigenvalue weighted by Gasteiger charge is -2.18. The van der Waals surface area contributed by atoms with Gasteiger partial charge in [0.1, 0.15) is 5.69 Å². The molecule has 1 aromatic rings. The van der Waals surface area contributed by atoms with Crippen molar-refractivity contribution in [3.63, 3.8) is 0 Å². The van der Waals surface area contributed by atoms with Crippen LogP contribution in [0.3, 0.4) is 0 Å². The fraction of sp³-hybridized carbons (Fsp3) is 0.500. The molecule has 14 heavy (non-hydrogen) atoms. The average molecular weight is 234 g/mol. The Labute approximate surface area is 91.5 Å². The van der Waals surface area contributed by atoms with Crippen LogP contribution in [0.5, 0.6) is 0 Å². The van der Waals surface area contributed by atoms with Crippen molar-refractivity contribution in [3.8, 4) is 0 Å². The van der Waals surface area contributed by atoms with Crippen LogP contribution in [0.1, 0.15) is 24.3 Å². The van der Waals surface area contributed by atoms with E-state index in [0.29, 0.717) is 16.7 Å². The molecule has 1 amide bonds. The lowest BCUT2D eigenvalue weighted by atomic mass is 10.1. The quantitative estimate of drug-likeness (QED) is 0.826. The summed E-state index contributed by atoms with van der Waals surface area (Å²) < 4.78 is 0.363. The number of hydrogen-bond donors (Lipinski definition) is 2. The molecule has 0 aliphatic rings. The van der Waals surface area contributed by atoms with E-state index in [1.54, 1.807) is 5.38 Å². The van der Waals surface area contributed by atoms with Gasteiger partial charge in [0.15, 0.2) is 4.47 Å². The molecule has 0 aliphatic carbocycles.